The first-order valence-electron chi connectivity index (χ1n) is 8.57. The predicted octanol–water partition coefficient (Wildman–Crippen LogP) is 1.72. The van der Waals surface area contributed by atoms with Crippen molar-refractivity contribution in [1.29, 1.82) is 0 Å². The maximum atomic E-state index is 11.8. The Hall–Kier alpha value is -3.94. The normalized spacial score (nSPS) is 10.6. The SMILES string of the molecule is O=C(COc1ccccc1)NCC(=O)N/N=C/c1cn[nH]c1-c1ccccc1. The summed E-state index contributed by atoms with van der Waals surface area (Å²) in [5, 5.41) is 13.3. The highest BCUT2D eigenvalue weighted by Crippen LogP contribution is 2.18. The number of benzene rings is 2. The number of carbonyl (C=O) groups excluding carboxylic acids is 2. The van der Waals surface area contributed by atoms with Gasteiger partial charge in [-0.15, -0.1) is 0 Å². The number of aromatic nitrogens is 2. The number of H-pyrrole nitrogens is 1. The van der Waals surface area contributed by atoms with Crippen molar-refractivity contribution in [2.24, 2.45) is 5.10 Å². The number of hydrogen-bond donors (Lipinski definition) is 3. The zero-order chi connectivity index (χ0) is 19.6. The maximum absolute atomic E-state index is 11.8. The lowest BCUT2D eigenvalue weighted by Gasteiger charge is -2.06. The summed E-state index contributed by atoms with van der Waals surface area (Å²) in [6.07, 6.45) is 3.10. The number of rotatable bonds is 8. The Morgan fingerprint density at radius 3 is 2.50 bits per heavy atom. The molecule has 8 nitrogen and oxygen atoms in total. The molecule has 3 N–H and O–H groups in total. The second-order valence-corrected chi connectivity index (χ2v) is 5.74. The number of nitrogens with zero attached hydrogens (tertiary/aromatic N) is 2. The molecule has 0 aliphatic carbocycles. The van der Waals surface area contributed by atoms with Crippen molar-refractivity contribution in [3.8, 4) is 17.0 Å². The zero-order valence-corrected chi connectivity index (χ0v) is 15.0. The van der Waals surface area contributed by atoms with Gasteiger partial charge in [-0.05, 0) is 12.1 Å². The van der Waals surface area contributed by atoms with Gasteiger partial charge in [0.2, 0.25) is 0 Å². The van der Waals surface area contributed by atoms with Crippen molar-refractivity contribution in [3.05, 3.63) is 72.4 Å². The van der Waals surface area contributed by atoms with Gasteiger partial charge < -0.3 is 10.1 Å². The van der Waals surface area contributed by atoms with Gasteiger partial charge in [0.15, 0.2) is 6.61 Å². The smallest absolute Gasteiger partial charge is 0.259 e. The van der Waals surface area contributed by atoms with Crippen molar-refractivity contribution in [2.45, 2.75) is 0 Å². The van der Waals surface area contributed by atoms with E-state index in [4.69, 9.17) is 4.74 Å². The topological polar surface area (TPSA) is 108 Å². The molecule has 0 radical (unpaired) electrons. The van der Waals surface area contributed by atoms with Crippen LogP contribution in [0.4, 0.5) is 0 Å². The average Bonchev–Trinajstić information content (AvgIpc) is 3.21. The molecule has 3 aromatic rings. The van der Waals surface area contributed by atoms with E-state index in [1.165, 1.54) is 6.21 Å². The fourth-order valence-electron chi connectivity index (χ4n) is 2.34. The Kier molecular flexibility index (Phi) is 6.51. The lowest BCUT2D eigenvalue weighted by molar-refractivity contribution is -0.127. The Morgan fingerprint density at radius 2 is 1.75 bits per heavy atom. The second-order valence-electron chi connectivity index (χ2n) is 5.74. The van der Waals surface area contributed by atoms with Gasteiger partial charge in [-0.1, -0.05) is 48.5 Å². The highest BCUT2D eigenvalue weighted by Gasteiger charge is 2.07. The van der Waals surface area contributed by atoms with Gasteiger partial charge in [0.1, 0.15) is 5.75 Å². The Labute approximate surface area is 161 Å². The van der Waals surface area contributed by atoms with Crippen LogP contribution in [-0.2, 0) is 9.59 Å². The monoisotopic (exact) mass is 377 g/mol. The summed E-state index contributed by atoms with van der Waals surface area (Å²) in [5.41, 5.74) is 4.84. The highest BCUT2D eigenvalue weighted by atomic mass is 16.5. The number of para-hydroxylation sites is 1. The minimum absolute atomic E-state index is 0.171. The number of nitrogens with one attached hydrogen (secondary N) is 3. The quantitative estimate of drug-likeness (QED) is 0.410. The summed E-state index contributed by atoms with van der Waals surface area (Å²) in [6.45, 7) is -0.374. The number of hydrogen-bond acceptors (Lipinski definition) is 5. The number of ether oxygens (including phenoxy) is 1. The van der Waals surface area contributed by atoms with Crippen LogP contribution < -0.4 is 15.5 Å². The fraction of sp³-hybridized carbons (Fsp3) is 0.100. The predicted molar refractivity (Wildman–Crippen MR) is 105 cm³/mol. The third-order valence-electron chi connectivity index (χ3n) is 3.68. The van der Waals surface area contributed by atoms with E-state index in [2.05, 4.69) is 26.0 Å². The number of hydrazone groups is 1. The standard InChI is InChI=1S/C20H19N5O3/c26-18(13-21-19(27)14-28-17-9-5-2-6-10-17)24-22-11-16-12-23-25-20(16)15-7-3-1-4-8-15/h1-12H,13-14H2,(H,21,27)(H,23,25)(H,24,26)/b22-11+. The van der Waals surface area contributed by atoms with Crippen molar-refractivity contribution < 1.29 is 14.3 Å². The molecule has 0 aliphatic rings. The zero-order valence-electron chi connectivity index (χ0n) is 15.0. The molecule has 0 saturated carbocycles. The Morgan fingerprint density at radius 1 is 1.04 bits per heavy atom. The van der Waals surface area contributed by atoms with Crippen LogP contribution in [-0.4, -0.2) is 41.4 Å². The summed E-state index contributed by atoms with van der Waals surface area (Å²) < 4.78 is 5.30. The summed E-state index contributed by atoms with van der Waals surface area (Å²) in [5.74, 6) is -0.265. The van der Waals surface area contributed by atoms with E-state index >= 15 is 0 Å². The van der Waals surface area contributed by atoms with Gasteiger partial charge >= 0.3 is 0 Å². The van der Waals surface area contributed by atoms with Gasteiger partial charge in [-0.25, -0.2) is 5.43 Å². The molecule has 0 aliphatic heterocycles. The maximum Gasteiger partial charge on any atom is 0.259 e. The first-order valence-corrected chi connectivity index (χ1v) is 8.57. The van der Waals surface area contributed by atoms with Gasteiger partial charge in [0.25, 0.3) is 11.8 Å². The van der Waals surface area contributed by atoms with Crippen molar-refractivity contribution in [3.63, 3.8) is 0 Å². The number of amides is 2. The van der Waals surface area contributed by atoms with Crippen LogP contribution in [0.5, 0.6) is 5.75 Å². The van der Waals surface area contributed by atoms with E-state index in [9.17, 15) is 9.59 Å². The lowest BCUT2D eigenvalue weighted by atomic mass is 10.1. The molecule has 0 spiro atoms. The summed E-state index contributed by atoms with van der Waals surface area (Å²) in [7, 11) is 0. The fourth-order valence-corrected chi connectivity index (χ4v) is 2.34. The third-order valence-corrected chi connectivity index (χ3v) is 3.68. The minimum Gasteiger partial charge on any atom is -0.484 e. The van der Waals surface area contributed by atoms with Crippen molar-refractivity contribution >= 4 is 18.0 Å². The van der Waals surface area contributed by atoms with Gasteiger partial charge in [-0.2, -0.15) is 10.2 Å². The van der Waals surface area contributed by atoms with Crippen LogP contribution >= 0.6 is 0 Å². The van der Waals surface area contributed by atoms with E-state index < -0.39 is 11.8 Å². The van der Waals surface area contributed by atoms with Gasteiger partial charge in [-0.3, -0.25) is 14.7 Å². The van der Waals surface area contributed by atoms with E-state index in [0.717, 1.165) is 16.8 Å². The molecule has 142 valence electrons. The molecule has 8 heteroatoms. The highest BCUT2D eigenvalue weighted by molar-refractivity contribution is 5.90. The molecule has 2 amide bonds. The molecule has 1 aromatic heterocycles. The van der Waals surface area contributed by atoms with Crippen LogP contribution in [0.1, 0.15) is 5.56 Å². The van der Waals surface area contributed by atoms with Crippen LogP contribution in [0.3, 0.4) is 0 Å². The molecular weight excluding hydrogens is 358 g/mol. The van der Waals surface area contributed by atoms with Crippen LogP contribution in [0, 0.1) is 0 Å². The van der Waals surface area contributed by atoms with Gasteiger partial charge in [0, 0.05) is 11.1 Å². The summed E-state index contributed by atoms with van der Waals surface area (Å²) in [6, 6.07) is 18.6. The largest absolute Gasteiger partial charge is 0.484 e. The molecule has 28 heavy (non-hydrogen) atoms. The summed E-state index contributed by atoms with van der Waals surface area (Å²) in [4.78, 5) is 23.5. The summed E-state index contributed by atoms with van der Waals surface area (Å²) >= 11 is 0. The van der Waals surface area contributed by atoms with E-state index in [-0.39, 0.29) is 13.2 Å². The Balaban J connectivity index is 1.42. The number of aromatic amines is 1. The molecule has 2 aromatic carbocycles. The van der Waals surface area contributed by atoms with E-state index in [1.54, 1.807) is 18.3 Å². The Bertz CT molecular complexity index is 939. The van der Waals surface area contributed by atoms with Gasteiger partial charge in [0.05, 0.1) is 24.7 Å². The first kappa shape index (κ1) is 18.8. The first-order chi connectivity index (χ1) is 13.7. The molecule has 0 atom stereocenters. The molecule has 0 saturated heterocycles. The molecule has 1 heterocycles. The number of carbonyl (C=O) groups is 2. The van der Waals surface area contributed by atoms with Crippen molar-refractivity contribution in [2.75, 3.05) is 13.2 Å². The molecule has 0 unspecified atom stereocenters. The van der Waals surface area contributed by atoms with E-state index in [0.29, 0.717) is 5.75 Å². The van der Waals surface area contributed by atoms with Crippen LogP contribution in [0.15, 0.2) is 72.0 Å². The molecule has 0 bridgehead atoms. The third kappa shape index (κ3) is 5.53. The minimum atomic E-state index is -0.450. The van der Waals surface area contributed by atoms with Crippen molar-refractivity contribution in [1.82, 2.24) is 20.9 Å². The lowest BCUT2D eigenvalue weighted by Crippen LogP contribution is -2.37. The average molecular weight is 377 g/mol. The molecule has 0 fully saturated rings. The van der Waals surface area contributed by atoms with E-state index in [1.807, 2.05) is 48.5 Å². The molecular formula is C20H19N5O3. The molecule has 3 rings (SSSR count). The van der Waals surface area contributed by atoms with Crippen LogP contribution in [0.25, 0.3) is 11.3 Å². The van der Waals surface area contributed by atoms with Crippen LogP contribution in [0.2, 0.25) is 0 Å². The second kappa shape index (κ2) is 9.67.